The largest absolute Gasteiger partial charge is 0.316 e. The van der Waals surface area contributed by atoms with Gasteiger partial charge in [-0.1, -0.05) is 0 Å². The molecule has 0 radical (unpaired) electrons. The molecule has 6 heavy (non-hydrogen) atoms. The quantitative estimate of drug-likeness (QED) is 0.538. The van der Waals surface area contributed by atoms with Gasteiger partial charge in [-0.25, -0.2) is 0 Å². The molecule has 0 N–H and O–H groups in total. The van der Waals surface area contributed by atoms with Gasteiger partial charge in [0, 0.05) is 0 Å². The molecule has 0 fully saturated rings. The fraction of sp³-hybridized carbons (Fsp3) is 0.500. The van der Waals surface area contributed by atoms with E-state index in [0.29, 0.717) is 0 Å². The molecule has 0 aromatic rings. The summed E-state index contributed by atoms with van der Waals surface area (Å²) in [5, 5.41) is 0. The minimum atomic E-state index is -0.270. The Morgan fingerprint density at radius 1 is 1.83 bits per heavy atom. The zero-order valence-corrected chi connectivity index (χ0v) is 4.78. The Kier molecular flexibility index (Phi) is 10.0. The van der Waals surface area contributed by atoms with Crippen molar-refractivity contribution >= 4 is 29.0 Å². The van der Waals surface area contributed by atoms with Gasteiger partial charge in [-0.15, -0.1) is 0 Å². The topological polar surface area (TPSA) is 26.3 Å². The molecule has 0 atom stereocenters. The fourth-order valence-electron chi connectivity index (χ4n) is 0. The van der Waals surface area contributed by atoms with Gasteiger partial charge in [-0.05, 0) is 0 Å². The molecule has 0 aromatic heterocycles. The van der Waals surface area contributed by atoms with E-state index in [4.69, 9.17) is 0 Å². The standard InChI is InChI=1S/C2H4O2.Au.Mg.2H/c1-2(3)4;;;;/h1H3,(H,3,4);;;;/q;+1;;;/p-1. The van der Waals surface area contributed by atoms with Gasteiger partial charge in [0.25, 0.3) is 0 Å². The van der Waals surface area contributed by atoms with Crippen LogP contribution in [0.2, 0.25) is 0 Å². The number of rotatable bonds is 0. The summed E-state index contributed by atoms with van der Waals surface area (Å²) in [7, 11) is 0. The average Bonchev–Trinajstić information content (AvgIpc) is 1.38. The molecule has 0 aromatic carbocycles. The first-order valence-corrected chi connectivity index (χ1v) is 1.92. The van der Waals surface area contributed by atoms with E-state index in [1.165, 1.54) is 6.92 Å². The maximum Gasteiger partial charge on any atom is 0.316 e. The van der Waals surface area contributed by atoms with Crippen LogP contribution in [0.5, 0.6) is 0 Å². The molecule has 0 heterocycles. The monoisotopic (exact) mass is 282 g/mol. The fourth-order valence-corrected chi connectivity index (χ4v) is 0. The van der Waals surface area contributed by atoms with Gasteiger partial charge in [-0.2, -0.15) is 0 Å². The zero-order chi connectivity index (χ0) is 4.28. The van der Waals surface area contributed by atoms with Crippen molar-refractivity contribution in [1.29, 1.82) is 0 Å². The van der Waals surface area contributed by atoms with Crippen molar-refractivity contribution in [2.24, 2.45) is 0 Å². The number of hydrogen-bond acceptors (Lipinski definition) is 2. The summed E-state index contributed by atoms with van der Waals surface area (Å²) in [5.74, 6) is -0.270. The third-order valence-electron chi connectivity index (χ3n) is 0.0867. The first-order chi connectivity index (χ1) is 2.27. The molecular formula is C2H5AuMgO2. The van der Waals surface area contributed by atoms with Crippen LogP contribution in [0.3, 0.4) is 0 Å². The molecule has 0 bridgehead atoms. The van der Waals surface area contributed by atoms with E-state index < -0.39 is 0 Å². The van der Waals surface area contributed by atoms with Gasteiger partial charge in [0.15, 0.2) is 0 Å². The second-order valence-electron chi connectivity index (χ2n) is 0.553. The Labute approximate surface area is 65.2 Å². The van der Waals surface area contributed by atoms with Crippen molar-refractivity contribution < 1.29 is 29.5 Å². The van der Waals surface area contributed by atoms with E-state index in [0.717, 1.165) is 0 Å². The Hall–Kier alpha value is 0.976. The Morgan fingerprint density at radius 2 is 2.00 bits per heavy atom. The normalized spacial score (nSPS) is 5.83. The predicted octanol–water partition coefficient (Wildman–Crippen LogP) is -0.905. The Bertz CT molecular complexity index is 46.8. The summed E-state index contributed by atoms with van der Waals surface area (Å²) in [6.45, 7) is 1.35. The smallest absolute Gasteiger partial charge is 0.316 e. The average molecular weight is 282 g/mol. The third-order valence-corrected chi connectivity index (χ3v) is 0.709. The van der Waals surface area contributed by atoms with E-state index in [-0.39, 0.29) is 29.0 Å². The van der Waals surface area contributed by atoms with Gasteiger partial charge in [0.1, 0.15) is 0 Å². The molecule has 0 saturated carbocycles. The summed E-state index contributed by atoms with van der Waals surface area (Å²) < 4.78 is 4.06. The molecule has 0 amide bonds. The van der Waals surface area contributed by atoms with Gasteiger partial charge in [-0.3, -0.25) is 0 Å². The van der Waals surface area contributed by atoms with E-state index in [2.05, 4.69) is 3.24 Å². The van der Waals surface area contributed by atoms with Crippen LogP contribution in [-0.2, 0) is 29.5 Å². The van der Waals surface area contributed by atoms with Gasteiger partial charge in [0.2, 0.25) is 0 Å². The molecule has 0 unspecified atom stereocenters. The summed E-state index contributed by atoms with van der Waals surface area (Å²) in [6, 6.07) is 0. The molecular weight excluding hydrogens is 277 g/mol. The van der Waals surface area contributed by atoms with Crippen molar-refractivity contribution in [1.82, 2.24) is 0 Å². The first kappa shape index (κ1) is 10.1. The Morgan fingerprint density at radius 3 is 2.00 bits per heavy atom. The maximum absolute atomic E-state index is 9.58. The van der Waals surface area contributed by atoms with Crippen LogP contribution < -0.4 is 0 Å². The minimum absolute atomic E-state index is 0. The molecule has 0 saturated heterocycles. The van der Waals surface area contributed by atoms with Crippen molar-refractivity contribution in [3.05, 3.63) is 0 Å². The van der Waals surface area contributed by atoms with Gasteiger partial charge in [0.05, 0.1) is 0 Å². The van der Waals surface area contributed by atoms with E-state index in [1.54, 1.807) is 21.5 Å². The Balaban J connectivity index is 0. The summed E-state index contributed by atoms with van der Waals surface area (Å²) in [4.78, 5) is 9.58. The van der Waals surface area contributed by atoms with Gasteiger partial charge >= 0.3 is 65.4 Å². The van der Waals surface area contributed by atoms with Crippen molar-refractivity contribution in [2.45, 2.75) is 6.92 Å². The molecule has 4 heteroatoms. The van der Waals surface area contributed by atoms with Crippen molar-refractivity contribution in [3.8, 4) is 0 Å². The third kappa shape index (κ3) is 8.88. The number of hydrogen-bond donors (Lipinski definition) is 0. The van der Waals surface area contributed by atoms with Crippen molar-refractivity contribution in [3.63, 3.8) is 0 Å². The molecule has 0 aliphatic heterocycles. The second kappa shape index (κ2) is 5.98. The number of carbonyl (C=O) groups is 1. The SMILES string of the molecule is CC(=O)[O][Au].[MgH2]. The predicted molar refractivity (Wildman–Crippen MR) is 20.3 cm³/mol. The molecule has 0 aliphatic rings. The zero-order valence-electron chi connectivity index (χ0n) is 2.62. The van der Waals surface area contributed by atoms with Crippen LogP contribution in [0.25, 0.3) is 0 Å². The molecule has 2 nitrogen and oxygen atoms in total. The van der Waals surface area contributed by atoms with Crippen LogP contribution in [0, 0.1) is 0 Å². The van der Waals surface area contributed by atoms with Crippen LogP contribution in [0.15, 0.2) is 0 Å². The molecule has 0 rings (SSSR count). The minimum Gasteiger partial charge on any atom is 0.316 e. The summed E-state index contributed by atoms with van der Waals surface area (Å²) >= 11 is 1.68. The van der Waals surface area contributed by atoms with Crippen LogP contribution in [-0.4, -0.2) is 29.0 Å². The van der Waals surface area contributed by atoms with E-state index in [1.807, 2.05) is 0 Å². The van der Waals surface area contributed by atoms with E-state index in [9.17, 15) is 4.79 Å². The molecule has 0 spiro atoms. The summed E-state index contributed by atoms with van der Waals surface area (Å²) in [6.07, 6.45) is 0. The van der Waals surface area contributed by atoms with Crippen LogP contribution in [0.4, 0.5) is 0 Å². The van der Waals surface area contributed by atoms with Crippen molar-refractivity contribution in [2.75, 3.05) is 0 Å². The maximum atomic E-state index is 9.58. The van der Waals surface area contributed by atoms with E-state index >= 15 is 0 Å². The van der Waals surface area contributed by atoms with Gasteiger partial charge < -0.3 is 0 Å². The second-order valence-corrected chi connectivity index (χ2v) is 0.995. The molecule has 38 valence electrons. The van der Waals surface area contributed by atoms with Crippen LogP contribution >= 0.6 is 0 Å². The number of carbonyl (C=O) groups excluding carboxylic acids is 1. The first-order valence-electron chi connectivity index (χ1n) is 1.03. The van der Waals surface area contributed by atoms with Crippen LogP contribution in [0.1, 0.15) is 6.92 Å². The molecule has 0 aliphatic carbocycles. The summed E-state index contributed by atoms with van der Waals surface area (Å²) in [5.41, 5.74) is 0.